The maximum atomic E-state index is 12.6. The van der Waals surface area contributed by atoms with Crippen molar-refractivity contribution in [2.45, 2.75) is 38.1 Å². The average molecular weight is 457 g/mol. The van der Waals surface area contributed by atoms with Gasteiger partial charge in [-0.25, -0.2) is 0 Å². The molecule has 2 amide bonds. The molecule has 3 rings (SSSR count). The van der Waals surface area contributed by atoms with Gasteiger partial charge in [0.1, 0.15) is 6.04 Å². The molecule has 8 heteroatoms. The van der Waals surface area contributed by atoms with Crippen LogP contribution in [0.3, 0.4) is 0 Å². The monoisotopic (exact) mass is 456 g/mol. The van der Waals surface area contributed by atoms with Gasteiger partial charge in [-0.3, -0.25) is 14.3 Å². The largest absolute Gasteiger partial charge is 0.326 e. The van der Waals surface area contributed by atoms with Crippen molar-refractivity contribution < 1.29 is 9.59 Å². The molecule has 1 unspecified atom stereocenters. The van der Waals surface area contributed by atoms with Crippen molar-refractivity contribution in [3.63, 3.8) is 0 Å². The first-order valence-corrected chi connectivity index (χ1v) is 11.3. The van der Waals surface area contributed by atoms with Crippen molar-refractivity contribution in [1.82, 2.24) is 9.78 Å². The van der Waals surface area contributed by atoms with Gasteiger partial charge in [-0.1, -0.05) is 29.8 Å². The zero-order valence-corrected chi connectivity index (χ0v) is 19.3. The molecule has 1 heterocycles. The predicted octanol–water partition coefficient (Wildman–Crippen LogP) is 5.47. The number of aryl methyl sites for hydroxylation is 2. The second kappa shape index (κ2) is 10.5. The van der Waals surface area contributed by atoms with E-state index in [1.807, 2.05) is 50.2 Å². The van der Waals surface area contributed by atoms with E-state index in [1.165, 1.54) is 0 Å². The highest BCUT2D eigenvalue weighted by Gasteiger charge is 2.19. The van der Waals surface area contributed by atoms with Gasteiger partial charge in [0.05, 0.1) is 16.4 Å². The van der Waals surface area contributed by atoms with Crippen LogP contribution in [0.2, 0.25) is 5.02 Å². The van der Waals surface area contributed by atoms with Crippen LogP contribution in [-0.2, 0) is 9.59 Å². The summed E-state index contributed by atoms with van der Waals surface area (Å²) in [5.41, 5.74) is 2.84. The second-order valence-electron chi connectivity index (χ2n) is 7.19. The minimum Gasteiger partial charge on any atom is -0.326 e. The zero-order chi connectivity index (χ0) is 22.4. The van der Waals surface area contributed by atoms with E-state index < -0.39 is 6.04 Å². The smallest absolute Gasteiger partial charge is 0.248 e. The molecule has 1 aromatic heterocycles. The molecule has 0 aliphatic carbocycles. The number of anilines is 2. The van der Waals surface area contributed by atoms with Crippen LogP contribution in [0.15, 0.2) is 59.5 Å². The van der Waals surface area contributed by atoms with Gasteiger partial charge >= 0.3 is 0 Å². The number of nitrogens with one attached hydrogen (secondary N) is 2. The number of halogens is 1. The fourth-order valence-electron chi connectivity index (χ4n) is 3.08. The first kappa shape index (κ1) is 22.9. The lowest BCUT2D eigenvalue weighted by atomic mass is 10.2. The molecular weight excluding hydrogens is 432 g/mol. The Morgan fingerprint density at radius 3 is 2.48 bits per heavy atom. The maximum Gasteiger partial charge on any atom is 0.248 e. The Morgan fingerprint density at radius 1 is 1.10 bits per heavy atom. The topological polar surface area (TPSA) is 76.0 Å². The summed E-state index contributed by atoms with van der Waals surface area (Å²) in [5.74, 6) is 0.374. The van der Waals surface area contributed by atoms with E-state index in [0.29, 0.717) is 28.6 Å². The number of thioether (sulfide) groups is 1. The van der Waals surface area contributed by atoms with Crippen molar-refractivity contribution in [2.24, 2.45) is 0 Å². The zero-order valence-electron chi connectivity index (χ0n) is 17.7. The Kier molecular flexibility index (Phi) is 7.76. The number of hydrogen-bond donors (Lipinski definition) is 2. The van der Waals surface area contributed by atoms with E-state index in [-0.39, 0.29) is 11.8 Å². The van der Waals surface area contributed by atoms with Crippen LogP contribution in [0.1, 0.15) is 30.8 Å². The van der Waals surface area contributed by atoms with E-state index >= 15 is 0 Å². The normalized spacial score (nSPS) is 11.7. The van der Waals surface area contributed by atoms with Crippen LogP contribution in [0.5, 0.6) is 0 Å². The van der Waals surface area contributed by atoms with E-state index in [1.54, 1.807) is 41.6 Å². The second-order valence-corrected chi connectivity index (χ2v) is 8.77. The summed E-state index contributed by atoms with van der Waals surface area (Å²) in [4.78, 5) is 26.0. The number of nitrogens with zero attached hydrogens (tertiary/aromatic N) is 2. The minimum atomic E-state index is -0.480. The molecule has 0 saturated carbocycles. The molecule has 0 aliphatic heterocycles. The lowest BCUT2D eigenvalue weighted by molar-refractivity contribution is -0.119. The Balaban J connectivity index is 1.53. The number of carbonyl (C=O) groups is 2. The van der Waals surface area contributed by atoms with E-state index in [4.69, 9.17) is 11.6 Å². The highest BCUT2D eigenvalue weighted by Crippen LogP contribution is 2.27. The van der Waals surface area contributed by atoms with Gasteiger partial charge in [-0.05, 0) is 57.2 Å². The molecule has 162 valence electrons. The highest BCUT2D eigenvalue weighted by atomic mass is 35.5. The molecule has 0 bridgehead atoms. The summed E-state index contributed by atoms with van der Waals surface area (Å²) in [5, 5.41) is 10.4. The van der Waals surface area contributed by atoms with Crippen molar-refractivity contribution in [3.8, 4) is 0 Å². The van der Waals surface area contributed by atoms with Gasteiger partial charge < -0.3 is 10.6 Å². The number of amides is 2. The van der Waals surface area contributed by atoms with E-state index in [0.717, 1.165) is 16.3 Å². The van der Waals surface area contributed by atoms with Crippen LogP contribution < -0.4 is 10.6 Å². The molecule has 2 N–H and O–H groups in total. The number of hydrogen-bond acceptors (Lipinski definition) is 4. The van der Waals surface area contributed by atoms with Crippen LogP contribution in [-0.4, -0.2) is 27.3 Å². The molecule has 0 saturated heterocycles. The molecular formula is C23H25ClN4O2S. The minimum absolute atomic E-state index is 0.0885. The molecule has 0 spiro atoms. The first-order valence-electron chi connectivity index (χ1n) is 9.94. The van der Waals surface area contributed by atoms with Crippen LogP contribution in [0.4, 0.5) is 11.4 Å². The summed E-state index contributed by atoms with van der Waals surface area (Å²) < 4.78 is 1.68. The fourth-order valence-corrected chi connectivity index (χ4v) is 4.18. The molecule has 0 fully saturated rings. The van der Waals surface area contributed by atoms with Crippen LogP contribution in [0.25, 0.3) is 0 Å². The van der Waals surface area contributed by atoms with Crippen LogP contribution >= 0.6 is 23.4 Å². The summed E-state index contributed by atoms with van der Waals surface area (Å²) in [6.07, 6.45) is 0.385. The number of benzene rings is 2. The third-order valence-electron chi connectivity index (χ3n) is 4.64. The predicted molar refractivity (Wildman–Crippen MR) is 127 cm³/mol. The molecule has 3 aromatic rings. The lowest BCUT2D eigenvalue weighted by Crippen LogP contribution is -2.25. The van der Waals surface area contributed by atoms with E-state index in [2.05, 4.69) is 15.7 Å². The summed E-state index contributed by atoms with van der Waals surface area (Å²) in [6, 6.07) is 16.4. The van der Waals surface area contributed by atoms with Crippen molar-refractivity contribution in [1.29, 1.82) is 0 Å². The maximum absolute atomic E-state index is 12.6. The van der Waals surface area contributed by atoms with Gasteiger partial charge in [-0.15, -0.1) is 11.8 Å². The fraction of sp³-hybridized carbons (Fsp3) is 0.261. The quantitative estimate of drug-likeness (QED) is 0.440. The molecule has 0 radical (unpaired) electrons. The first-order chi connectivity index (χ1) is 14.8. The molecule has 6 nitrogen and oxygen atoms in total. The summed E-state index contributed by atoms with van der Waals surface area (Å²) in [7, 11) is 0. The molecule has 0 aliphatic rings. The molecule has 31 heavy (non-hydrogen) atoms. The third-order valence-corrected chi connectivity index (χ3v) is 5.97. The number of carbonyl (C=O) groups excluding carboxylic acids is 2. The van der Waals surface area contributed by atoms with Crippen molar-refractivity contribution in [3.05, 3.63) is 71.0 Å². The van der Waals surface area contributed by atoms with Gasteiger partial charge in [-0.2, -0.15) is 5.10 Å². The number of rotatable bonds is 8. The van der Waals surface area contributed by atoms with Gasteiger partial charge in [0, 0.05) is 28.5 Å². The van der Waals surface area contributed by atoms with Crippen molar-refractivity contribution >= 4 is 46.6 Å². The van der Waals surface area contributed by atoms with Crippen molar-refractivity contribution in [2.75, 3.05) is 16.4 Å². The van der Waals surface area contributed by atoms with E-state index in [9.17, 15) is 9.59 Å². The Bertz CT molecular complexity index is 1070. The van der Waals surface area contributed by atoms with Gasteiger partial charge in [0.25, 0.3) is 0 Å². The average Bonchev–Trinajstić information content (AvgIpc) is 3.08. The number of aromatic nitrogens is 2. The summed E-state index contributed by atoms with van der Waals surface area (Å²) in [6.45, 7) is 5.58. The molecule has 1 atom stereocenters. The lowest BCUT2D eigenvalue weighted by Gasteiger charge is -2.16. The van der Waals surface area contributed by atoms with Gasteiger partial charge in [0.15, 0.2) is 0 Å². The van der Waals surface area contributed by atoms with Crippen LogP contribution in [0, 0.1) is 13.8 Å². The standard InChI is InChI=1S/C23H25ClN4O2S/c1-15-13-16(2)28(27-15)17(3)23(30)26-21-10-9-18(14-20(21)24)25-22(29)11-12-31-19-7-5-4-6-8-19/h4-10,13-14,17H,11-12H2,1-3H3,(H,25,29)(H,26,30). The summed E-state index contributed by atoms with van der Waals surface area (Å²) >= 11 is 7.97. The molecule has 2 aromatic carbocycles. The highest BCUT2D eigenvalue weighted by molar-refractivity contribution is 7.99. The SMILES string of the molecule is Cc1cc(C)n(C(C)C(=O)Nc2ccc(NC(=O)CCSc3ccccc3)cc2Cl)n1. The Morgan fingerprint density at radius 2 is 1.84 bits per heavy atom. The van der Waals surface area contributed by atoms with Gasteiger partial charge in [0.2, 0.25) is 11.8 Å². The Hall–Kier alpha value is -2.77. The third kappa shape index (κ3) is 6.35. The Labute approximate surface area is 191 Å².